The van der Waals surface area contributed by atoms with Crippen molar-refractivity contribution in [1.29, 1.82) is 0 Å². The lowest BCUT2D eigenvalue weighted by atomic mass is 10.1. The van der Waals surface area contributed by atoms with Gasteiger partial charge in [-0.25, -0.2) is 8.42 Å². The van der Waals surface area contributed by atoms with Gasteiger partial charge in [0.15, 0.2) is 0 Å². The van der Waals surface area contributed by atoms with Gasteiger partial charge in [0, 0.05) is 18.6 Å². The van der Waals surface area contributed by atoms with Crippen molar-refractivity contribution in [3.05, 3.63) is 64.7 Å². The Hall–Kier alpha value is -2.58. The van der Waals surface area contributed by atoms with Crippen molar-refractivity contribution < 1.29 is 18.0 Å². The summed E-state index contributed by atoms with van der Waals surface area (Å²) < 4.78 is 26.0. The Bertz CT molecular complexity index is 1030. The lowest BCUT2D eigenvalue weighted by molar-refractivity contribution is -0.139. The Balaban J connectivity index is 2.38. The lowest BCUT2D eigenvalue weighted by Gasteiger charge is -2.31. The summed E-state index contributed by atoms with van der Waals surface area (Å²) in [7, 11) is -2.26. The van der Waals surface area contributed by atoms with Crippen molar-refractivity contribution in [3.63, 3.8) is 0 Å². The topological polar surface area (TPSA) is 86.8 Å². The van der Waals surface area contributed by atoms with Crippen LogP contribution in [0.1, 0.15) is 25.0 Å². The highest BCUT2D eigenvalue weighted by molar-refractivity contribution is 7.92. The molecule has 0 aromatic heterocycles. The van der Waals surface area contributed by atoms with Gasteiger partial charge >= 0.3 is 0 Å². The summed E-state index contributed by atoms with van der Waals surface area (Å²) >= 11 is 6.25. The average Bonchev–Trinajstić information content (AvgIpc) is 2.75. The Morgan fingerprint density at radius 1 is 1.10 bits per heavy atom. The zero-order valence-electron chi connectivity index (χ0n) is 18.1. The van der Waals surface area contributed by atoms with Crippen LogP contribution in [0.5, 0.6) is 0 Å². The van der Waals surface area contributed by atoms with Crippen LogP contribution in [0, 0.1) is 0 Å². The molecular weight excluding hydrogens is 438 g/mol. The van der Waals surface area contributed by atoms with Crippen LogP contribution in [0.3, 0.4) is 0 Å². The smallest absolute Gasteiger partial charge is 0.244 e. The van der Waals surface area contributed by atoms with Crippen LogP contribution in [-0.2, 0) is 32.6 Å². The van der Waals surface area contributed by atoms with Crippen LogP contribution in [0.4, 0.5) is 5.69 Å². The van der Waals surface area contributed by atoms with Gasteiger partial charge in [-0.1, -0.05) is 48.9 Å². The predicted octanol–water partition coefficient (Wildman–Crippen LogP) is 2.83. The second-order valence-electron chi connectivity index (χ2n) is 7.19. The molecule has 0 aliphatic carbocycles. The summed E-state index contributed by atoms with van der Waals surface area (Å²) in [6, 6.07) is 13.2. The van der Waals surface area contributed by atoms with Crippen LogP contribution in [-0.4, -0.2) is 51.0 Å². The first-order valence-electron chi connectivity index (χ1n) is 9.89. The number of likely N-dealkylation sites (N-methyl/N-ethyl adjacent to an activating group) is 1. The van der Waals surface area contributed by atoms with Gasteiger partial charge in [0.05, 0.1) is 11.9 Å². The lowest BCUT2D eigenvalue weighted by Crippen LogP contribution is -2.50. The molecule has 0 radical (unpaired) electrons. The van der Waals surface area contributed by atoms with Gasteiger partial charge in [-0.15, -0.1) is 0 Å². The molecule has 7 nitrogen and oxygen atoms in total. The van der Waals surface area contributed by atoms with E-state index < -0.39 is 28.5 Å². The number of carbonyl (C=O) groups excluding carboxylic acids is 2. The molecule has 0 unspecified atom stereocenters. The quantitative estimate of drug-likeness (QED) is 0.617. The Labute approximate surface area is 189 Å². The minimum absolute atomic E-state index is 0.0689. The molecular formula is C22H28ClN3O4S. The minimum Gasteiger partial charge on any atom is -0.357 e. The number of anilines is 1. The number of halogens is 1. The maximum Gasteiger partial charge on any atom is 0.244 e. The highest BCUT2D eigenvalue weighted by atomic mass is 35.5. The van der Waals surface area contributed by atoms with Crippen LogP contribution in [0.15, 0.2) is 48.5 Å². The number of amides is 2. The summed E-state index contributed by atoms with van der Waals surface area (Å²) in [5.41, 5.74) is 2.10. The number of nitrogens with one attached hydrogen (secondary N) is 1. The molecule has 0 saturated heterocycles. The van der Waals surface area contributed by atoms with E-state index in [-0.39, 0.29) is 12.5 Å². The second-order valence-corrected chi connectivity index (χ2v) is 9.51. The predicted molar refractivity (Wildman–Crippen MR) is 124 cm³/mol. The molecule has 1 N–H and O–H groups in total. The monoisotopic (exact) mass is 465 g/mol. The molecule has 1 atom stereocenters. The molecule has 0 aliphatic rings. The molecule has 168 valence electrons. The SMILES string of the molecule is CCc1ccc(N(CC(=O)N(Cc2ccccc2Cl)[C@H](C)C(=O)NC)S(C)(=O)=O)cc1. The number of aryl methyl sites for hydroxylation is 1. The molecule has 0 fully saturated rings. The summed E-state index contributed by atoms with van der Waals surface area (Å²) in [6.07, 6.45) is 1.86. The normalized spacial score (nSPS) is 12.2. The molecule has 0 saturated carbocycles. The third-order valence-electron chi connectivity index (χ3n) is 5.02. The minimum atomic E-state index is -3.74. The van der Waals surface area contributed by atoms with Crippen molar-refractivity contribution in [2.75, 3.05) is 24.2 Å². The van der Waals surface area contributed by atoms with Gasteiger partial charge in [-0.3, -0.25) is 13.9 Å². The number of nitrogens with zero attached hydrogens (tertiary/aromatic N) is 2. The molecule has 0 spiro atoms. The molecule has 2 rings (SSSR count). The molecule has 0 heterocycles. The molecule has 9 heteroatoms. The van der Waals surface area contributed by atoms with Crippen LogP contribution >= 0.6 is 11.6 Å². The van der Waals surface area contributed by atoms with Gasteiger partial charge in [0.1, 0.15) is 12.6 Å². The van der Waals surface area contributed by atoms with Gasteiger partial charge in [0.2, 0.25) is 21.8 Å². The molecule has 2 amide bonds. The molecule has 2 aromatic rings. The zero-order valence-corrected chi connectivity index (χ0v) is 19.7. The Kier molecular flexibility index (Phi) is 8.47. The first-order chi connectivity index (χ1) is 14.6. The van der Waals surface area contributed by atoms with E-state index in [4.69, 9.17) is 11.6 Å². The van der Waals surface area contributed by atoms with E-state index in [0.29, 0.717) is 16.3 Å². The summed E-state index contributed by atoms with van der Waals surface area (Å²) in [4.78, 5) is 26.9. The fraction of sp³-hybridized carbons (Fsp3) is 0.364. The van der Waals surface area contributed by atoms with Gasteiger partial charge in [-0.2, -0.15) is 0 Å². The van der Waals surface area contributed by atoms with E-state index in [0.717, 1.165) is 22.5 Å². The van der Waals surface area contributed by atoms with E-state index in [2.05, 4.69) is 5.32 Å². The number of hydrogen-bond donors (Lipinski definition) is 1. The number of carbonyl (C=O) groups is 2. The van der Waals surface area contributed by atoms with Gasteiger partial charge in [-0.05, 0) is 42.7 Å². The Morgan fingerprint density at radius 2 is 1.71 bits per heavy atom. The fourth-order valence-electron chi connectivity index (χ4n) is 3.11. The van der Waals surface area contributed by atoms with Crippen molar-refractivity contribution in [3.8, 4) is 0 Å². The Morgan fingerprint density at radius 3 is 2.23 bits per heavy atom. The maximum absolute atomic E-state index is 13.3. The molecule has 0 aliphatic heterocycles. The maximum atomic E-state index is 13.3. The first kappa shape index (κ1) is 24.7. The van der Waals surface area contributed by atoms with E-state index in [1.807, 2.05) is 19.1 Å². The second kappa shape index (κ2) is 10.6. The highest BCUT2D eigenvalue weighted by Crippen LogP contribution is 2.22. The van der Waals surface area contributed by atoms with Crippen molar-refractivity contribution in [2.45, 2.75) is 32.9 Å². The number of sulfonamides is 1. The zero-order chi connectivity index (χ0) is 23.2. The summed E-state index contributed by atoms with van der Waals surface area (Å²) in [5, 5.41) is 2.99. The third kappa shape index (κ3) is 6.45. The summed E-state index contributed by atoms with van der Waals surface area (Å²) in [5.74, 6) is -0.875. The average molecular weight is 466 g/mol. The van der Waals surface area contributed by atoms with Gasteiger partial charge in [0.25, 0.3) is 0 Å². The van der Waals surface area contributed by atoms with E-state index in [1.54, 1.807) is 43.3 Å². The molecule has 31 heavy (non-hydrogen) atoms. The molecule has 0 bridgehead atoms. The summed E-state index contributed by atoms with van der Waals surface area (Å²) in [6.45, 7) is 3.23. The number of benzene rings is 2. The molecule has 2 aromatic carbocycles. The third-order valence-corrected chi connectivity index (χ3v) is 6.53. The van der Waals surface area contributed by atoms with Crippen molar-refractivity contribution in [2.24, 2.45) is 0 Å². The van der Waals surface area contributed by atoms with Crippen LogP contribution in [0.2, 0.25) is 5.02 Å². The van der Waals surface area contributed by atoms with Crippen molar-refractivity contribution in [1.82, 2.24) is 10.2 Å². The number of hydrogen-bond acceptors (Lipinski definition) is 4. The van der Waals surface area contributed by atoms with E-state index in [9.17, 15) is 18.0 Å². The fourth-order valence-corrected chi connectivity index (χ4v) is 4.16. The standard InChI is InChI=1S/C22H28ClN3O4S/c1-5-17-10-12-19(13-11-17)26(31(4,29)30)15-21(27)25(16(2)22(28)24-3)14-18-8-6-7-9-20(18)23/h6-13,16H,5,14-15H2,1-4H3,(H,24,28)/t16-/m1/s1. The highest BCUT2D eigenvalue weighted by Gasteiger charge is 2.30. The van der Waals surface area contributed by atoms with Crippen LogP contribution < -0.4 is 9.62 Å². The number of rotatable bonds is 9. The first-order valence-corrected chi connectivity index (χ1v) is 12.1. The van der Waals surface area contributed by atoms with E-state index >= 15 is 0 Å². The van der Waals surface area contributed by atoms with Gasteiger partial charge < -0.3 is 10.2 Å². The van der Waals surface area contributed by atoms with E-state index in [1.165, 1.54) is 11.9 Å². The largest absolute Gasteiger partial charge is 0.357 e. The van der Waals surface area contributed by atoms with Crippen molar-refractivity contribution >= 4 is 39.1 Å². The van der Waals surface area contributed by atoms with Crippen LogP contribution in [0.25, 0.3) is 0 Å².